The zero-order valence-corrected chi connectivity index (χ0v) is 21.8. The summed E-state index contributed by atoms with van der Waals surface area (Å²) in [5.74, 6) is 0.130. The molecule has 2 atom stereocenters. The van der Waals surface area contributed by atoms with E-state index >= 15 is 0 Å². The molecular formula is C30H32N4O4. The Balaban J connectivity index is 1.47. The minimum atomic E-state index is -0.611. The van der Waals surface area contributed by atoms with Gasteiger partial charge in [0.15, 0.2) is 0 Å². The van der Waals surface area contributed by atoms with Gasteiger partial charge in [-0.1, -0.05) is 30.3 Å². The SMILES string of the molecule is CC(C)Oc1ccc(C(=O)N[C@H](CCO)Cc2ccc(-c3cn4c(C(C)O)cccc4n3)cc2)cc1C#N. The Bertz CT molecular complexity index is 1450. The van der Waals surface area contributed by atoms with Crippen LogP contribution in [0.1, 0.15) is 60.5 Å². The number of hydrogen-bond acceptors (Lipinski definition) is 6. The molecule has 0 aliphatic rings. The topological polar surface area (TPSA) is 120 Å². The van der Waals surface area contributed by atoms with Crippen molar-refractivity contribution in [2.75, 3.05) is 6.61 Å². The maximum atomic E-state index is 13.0. The Kier molecular flexibility index (Phi) is 8.41. The zero-order chi connectivity index (χ0) is 27.2. The third-order valence-corrected chi connectivity index (χ3v) is 6.22. The lowest BCUT2D eigenvalue weighted by Gasteiger charge is -2.19. The summed E-state index contributed by atoms with van der Waals surface area (Å²) in [5, 5.41) is 32.1. The van der Waals surface area contributed by atoms with Crippen LogP contribution >= 0.6 is 0 Å². The Morgan fingerprint density at radius 3 is 2.55 bits per heavy atom. The van der Waals surface area contributed by atoms with Crippen molar-refractivity contribution >= 4 is 11.6 Å². The predicted molar refractivity (Wildman–Crippen MR) is 145 cm³/mol. The summed E-state index contributed by atoms with van der Waals surface area (Å²) in [6, 6.07) is 20.2. The van der Waals surface area contributed by atoms with Gasteiger partial charge in [-0.25, -0.2) is 4.98 Å². The van der Waals surface area contributed by atoms with E-state index in [0.717, 1.165) is 28.2 Å². The molecule has 0 aliphatic heterocycles. The number of pyridine rings is 1. The number of nitrogens with one attached hydrogen (secondary N) is 1. The first-order valence-corrected chi connectivity index (χ1v) is 12.7. The van der Waals surface area contributed by atoms with Gasteiger partial charge in [0, 0.05) is 30.0 Å². The van der Waals surface area contributed by atoms with Crippen LogP contribution in [0.2, 0.25) is 0 Å². The second kappa shape index (κ2) is 11.9. The molecule has 2 aromatic carbocycles. The molecule has 0 fully saturated rings. The summed E-state index contributed by atoms with van der Waals surface area (Å²) in [5.41, 5.74) is 4.92. The third-order valence-electron chi connectivity index (χ3n) is 6.22. The molecule has 0 bridgehead atoms. The van der Waals surface area contributed by atoms with Gasteiger partial charge >= 0.3 is 0 Å². The molecule has 3 N–H and O–H groups in total. The maximum absolute atomic E-state index is 13.0. The number of rotatable bonds is 10. The number of carbonyl (C=O) groups excluding carboxylic acids is 1. The van der Waals surface area contributed by atoms with Gasteiger partial charge < -0.3 is 24.7 Å². The van der Waals surface area contributed by atoms with Crippen molar-refractivity contribution in [3.05, 3.63) is 89.2 Å². The number of aromatic nitrogens is 2. The van der Waals surface area contributed by atoms with Crippen molar-refractivity contribution in [2.24, 2.45) is 0 Å². The van der Waals surface area contributed by atoms with Gasteiger partial charge in [0.2, 0.25) is 0 Å². The largest absolute Gasteiger partial charge is 0.490 e. The molecule has 0 saturated carbocycles. The normalized spacial score (nSPS) is 12.8. The molecule has 2 aromatic heterocycles. The number of nitrogens with zero attached hydrogens (tertiary/aromatic N) is 3. The number of fused-ring (bicyclic) bond motifs is 1. The monoisotopic (exact) mass is 512 g/mol. The second-order valence-electron chi connectivity index (χ2n) is 9.55. The molecule has 1 unspecified atom stereocenters. The second-order valence-corrected chi connectivity index (χ2v) is 9.55. The van der Waals surface area contributed by atoms with Crippen molar-refractivity contribution in [1.82, 2.24) is 14.7 Å². The van der Waals surface area contributed by atoms with E-state index < -0.39 is 6.10 Å². The van der Waals surface area contributed by atoms with Crippen LogP contribution in [0, 0.1) is 11.3 Å². The summed E-state index contributed by atoms with van der Waals surface area (Å²) < 4.78 is 7.53. The van der Waals surface area contributed by atoms with Gasteiger partial charge in [-0.3, -0.25) is 4.79 Å². The predicted octanol–water partition coefficient (Wildman–Crippen LogP) is 4.44. The number of hydrogen-bond donors (Lipinski definition) is 3. The number of aliphatic hydroxyl groups is 2. The van der Waals surface area contributed by atoms with E-state index in [9.17, 15) is 20.3 Å². The molecule has 4 aromatic rings. The van der Waals surface area contributed by atoms with Crippen molar-refractivity contribution in [2.45, 2.75) is 51.9 Å². The van der Waals surface area contributed by atoms with E-state index in [-0.39, 0.29) is 24.7 Å². The molecule has 8 nitrogen and oxygen atoms in total. The van der Waals surface area contributed by atoms with Crippen LogP contribution in [-0.4, -0.2) is 44.3 Å². The Hall–Kier alpha value is -4.19. The lowest BCUT2D eigenvalue weighted by atomic mass is 10.0. The van der Waals surface area contributed by atoms with Gasteiger partial charge in [0.25, 0.3) is 5.91 Å². The van der Waals surface area contributed by atoms with E-state index in [1.54, 1.807) is 19.1 Å². The molecule has 4 rings (SSSR count). The lowest BCUT2D eigenvalue weighted by molar-refractivity contribution is 0.0930. The van der Waals surface area contributed by atoms with Gasteiger partial charge in [-0.15, -0.1) is 0 Å². The Morgan fingerprint density at radius 1 is 1.13 bits per heavy atom. The summed E-state index contributed by atoms with van der Waals surface area (Å²) in [4.78, 5) is 17.6. The van der Waals surface area contributed by atoms with Crippen molar-refractivity contribution in [3.8, 4) is 23.1 Å². The highest BCUT2D eigenvalue weighted by atomic mass is 16.5. The standard InChI is InChI=1S/C30H32N4O4/c1-19(2)38-28-12-11-23(16-24(28)17-31)30(37)32-25(13-14-35)15-21-7-9-22(10-8-21)26-18-34-27(20(3)36)5-4-6-29(34)33-26/h4-12,16,18-20,25,35-36H,13-15H2,1-3H3,(H,32,37)/t20?,25-/m1/s1. The molecule has 1 amide bonds. The molecule has 2 heterocycles. The molecule has 0 spiro atoms. The molecule has 0 saturated heterocycles. The van der Waals surface area contributed by atoms with Crippen molar-refractivity contribution < 1.29 is 19.7 Å². The van der Waals surface area contributed by atoms with Crippen LogP contribution in [0.25, 0.3) is 16.9 Å². The maximum Gasteiger partial charge on any atom is 0.251 e. The molecule has 38 heavy (non-hydrogen) atoms. The van der Waals surface area contributed by atoms with Crippen LogP contribution in [-0.2, 0) is 6.42 Å². The van der Waals surface area contributed by atoms with Crippen molar-refractivity contribution in [1.29, 1.82) is 5.26 Å². The van der Waals surface area contributed by atoms with Gasteiger partial charge in [0.1, 0.15) is 17.5 Å². The van der Waals surface area contributed by atoms with Gasteiger partial charge in [-0.05, 0) is 69.5 Å². The summed E-state index contributed by atoms with van der Waals surface area (Å²) in [7, 11) is 0. The summed E-state index contributed by atoms with van der Waals surface area (Å²) in [6.07, 6.45) is 2.13. The minimum absolute atomic E-state index is 0.0689. The molecule has 0 aliphatic carbocycles. The quantitative estimate of drug-likeness (QED) is 0.289. The Labute approximate surface area is 222 Å². The van der Waals surface area contributed by atoms with E-state index in [0.29, 0.717) is 29.7 Å². The number of ether oxygens (including phenoxy) is 1. The van der Waals surface area contributed by atoms with Crippen LogP contribution in [0.4, 0.5) is 0 Å². The minimum Gasteiger partial charge on any atom is -0.490 e. The van der Waals surface area contributed by atoms with E-state index in [1.807, 2.05) is 66.9 Å². The highest BCUT2D eigenvalue weighted by Gasteiger charge is 2.17. The first-order valence-electron chi connectivity index (χ1n) is 12.7. The molecule has 8 heteroatoms. The molecule has 0 radical (unpaired) electrons. The summed E-state index contributed by atoms with van der Waals surface area (Å²) >= 11 is 0. The average Bonchev–Trinajstić information content (AvgIpc) is 3.33. The number of aliphatic hydroxyl groups excluding tert-OH is 2. The van der Waals surface area contributed by atoms with E-state index in [2.05, 4.69) is 16.4 Å². The van der Waals surface area contributed by atoms with Crippen LogP contribution in [0.5, 0.6) is 5.75 Å². The smallest absolute Gasteiger partial charge is 0.251 e. The number of benzene rings is 2. The zero-order valence-electron chi connectivity index (χ0n) is 21.8. The third kappa shape index (κ3) is 6.20. The number of imidazole rings is 1. The first-order chi connectivity index (χ1) is 18.3. The number of nitriles is 1. The van der Waals surface area contributed by atoms with Gasteiger partial charge in [0.05, 0.1) is 29.2 Å². The first kappa shape index (κ1) is 26.9. The molecule has 196 valence electrons. The lowest BCUT2D eigenvalue weighted by Crippen LogP contribution is -2.37. The molecular weight excluding hydrogens is 480 g/mol. The van der Waals surface area contributed by atoms with Crippen LogP contribution in [0.3, 0.4) is 0 Å². The highest BCUT2D eigenvalue weighted by Crippen LogP contribution is 2.24. The van der Waals surface area contributed by atoms with E-state index in [1.165, 1.54) is 6.07 Å². The van der Waals surface area contributed by atoms with Crippen LogP contribution in [0.15, 0.2) is 66.9 Å². The number of carbonyl (C=O) groups is 1. The Morgan fingerprint density at radius 2 is 1.89 bits per heavy atom. The highest BCUT2D eigenvalue weighted by molar-refractivity contribution is 5.95. The fraction of sp³-hybridized carbons (Fsp3) is 0.300. The average molecular weight is 513 g/mol. The van der Waals surface area contributed by atoms with Crippen LogP contribution < -0.4 is 10.1 Å². The van der Waals surface area contributed by atoms with Gasteiger partial charge in [-0.2, -0.15) is 5.26 Å². The van der Waals surface area contributed by atoms with Crippen molar-refractivity contribution in [3.63, 3.8) is 0 Å². The van der Waals surface area contributed by atoms with E-state index in [4.69, 9.17) is 4.74 Å². The number of amides is 1. The fourth-order valence-electron chi connectivity index (χ4n) is 4.37. The fourth-order valence-corrected chi connectivity index (χ4v) is 4.37. The summed E-state index contributed by atoms with van der Waals surface area (Å²) in [6.45, 7) is 5.40.